The third-order valence-electron chi connectivity index (χ3n) is 4.62. The highest BCUT2D eigenvalue weighted by Crippen LogP contribution is 2.31. The van der Waals surface area contributed by atoms with Gasteiger partial charge < -0.3 is 0 Å². The summed E-state index contributed by atoms with van der Waals surface area (Å²) in [5.41, 5.74) is -2.77. The Hall–Kier alpha value is -3.78. The van der Waals surface area contributed by atoms with Crippen LogP contribution in [0, 0.1) is 52.8 Å². The average molecular weight is 478 g/mol. The molecular formula is C26H14F8. The number of benzene rings is 3. The molecule has 0 heterocycles. The molecule has 0 fully saturated rings. The number of alkyl halides is 3. The number of hydrogen-bond donors (Lipinski definition) is 0. The molecule has 0 nitrogen and oxygen atoms in total. The van der Waals surface area contributed by atoms with Crippen molar-refractivity contribution in [2.24, 2.45) is 0 Å². The van der Waals surface area contributed by atoms with Gasteiger partial charge in [-0.25, -0.2) is 22.0 Å². The fourth-order valence-electron chi connectivity index (χ4n) is 3.03. The minimum atomic E-state index is -4.89. The van der Waals surface area contributed by atoms with Gasteiger partial charge in [-0.15, -0.1) is 0 Å². The highest BCUT2D eigenvalue weighted by atomic mass is 19.4. The van der Waals surface area contributed by atoms with Crippen molar-refractivity contribution in [1.82, 2.24) is 0 Å². The predicted octanol–water partition coefficient (Wildman–Crippen LogP) is 7.15. The summed E-state index contributed by atoms with van der Waals surface area (Å²) in [6.45, 7) is 1.85. The van der Waals surface area contributed by atoms with E-state index in [0.717, 1.165) is 30.3 Å². The summed E-state index contributed by atoms with van der Waals surface area (Å²) < 4.78 is 108. The zero-order valence-corrected chi connectivity index (χ0v) is 17.5. The van der Waals surface area contributed by atoms with E-state index in [2.05, 4.69) is 23.7 Å². The molecule has 174 valence electrons. The Bertz CT molecular complexity index is 1320. The molecule has 0 saturated carbocycles. The number of halogens is 8. The fraction of sp³-hybridized carbons (Fsp3) is 0.154. The molecular weight excluding hydrogens is 464 g/mol. The molecule has 0 aliphatic carbocycles. The molecule has 0 bridgehead atoms. The monoisotopic (exact) mass is 478 g/mol. The van der Waals surface area contributed by atoms with E-state index in [1.807, 2.05) is 6.92 Å². The normalized spacial score (nSPS) is 10.9. The number of rotatable bonds is 2. The maximum absolute atomic E-state index is 14.4. The van der Waals surface area contributed by atoms with Gasteiger partial charge in [0.25, 0.3) is 0 Å². The highest BCUT2D eigenvalue weighted by molar-refractivity contribution is 5.50. The summed E-state index contributed by atoms with van der Waals surface area (Å²) in [6, 6.07) is 5.69. The van der Waals surface area contributed by atoms with Crippen molar-refractivity contribution in [3.63, 3.8) is 0 Å². The quantitative estimate of drug-likeness (QED) is 0.271. The molecule has 0 unspecified atom stereocenters. The average Bonchev–Trinajstić information content (AvgIpc) is 2.72. The smallest absolute Gasteiger partial charge is 0.206 e. The largest absolute Gasteiger partial charge is 0.419 e. The summed E-state index contributed by atoms with van der Waals surface area (Å²) in [7, 11) is 0. The summed E-state index contributed by atoms with van der Waals surface area (Å²) in [5, 5.41) is 0. The Morgan fingerprint density at radius 3 is 1.56 bits per heavy atom. The molecule has 0 amide bonds. The second kappa shape index (κ2) is 10.0. The van der Waals surface area contributed by atoms with E-state index in [1.54, 1.807) is 0 Å². The van der Waals surface area contributed by atoms with Crippen molar-refractivity contribution in [2.75, 3.05) is 0 Å². The number of aryl methyl sites for hydroxylation is 1. The van der Waals surface area contributed by atoms with Crippen LogP contribution in [-0.2, 0) is 12.6 Å². The minimum Gasteiger partial charge on any atom is -0.206 e. The van der Waals surface area contributed by atoms with E-state index in [4.69, 9.17) is 0 Å². The van der Waals surface area contributed by atoms with Crippen LogP contribution in [-0.4, -0.2) is 0 Å². The maximum Gasteiger partial charge on any atom is 0.419 e. The molecule has 3 aromatic carbocycles. The second-order valence-electron chi connectivity index (χ2n) is 7.19. The Morgan fingerprint density at radius 2 is 1.09 bits per heavy atom. The van der Waals surface area contributed by atoms with Crippen LogP contribution in [0.3, 0.4) is 0 Å². The lowest BCUT2D eigenvalue weighted by atomic mass is 10.1. The molecule has 0 aromatic heterocycles. The Morgan fingerprint density at radius 1 is 0.618 bits per heavy atom. The molecule has 34 heavy (non-hydrogen) atoms. The zero-order chi connectivity index (χ0) is 25.0. The first-order valence-electron chi connectivity index (χ1n) is 9.87. The summed E-state index contributed by atoms with van der Waals surface area (Å²) in [4.78, 5) is 0. The molecule has 0 aliphatic rings. The van der Waals surface area contributed by atoms with Gasteiger partial charge >= 0.3 is 6.18 Å². The third kappa shape index (κ3) is 5.77. The van der Waals surface area contributed by atoms with Crippen molar-refractivity contribution in [3.05, 3.63) is 105 Å². The Labute approximate surface area is 190 Å². The molecule has 0 radical (unpaired) electrons. The standard InChI is InChI=1S/C26H14F8/c1-2-3-16-11-21(27)19(22(28)12-16)8-5-17-13-23(29)18(24(30)14-17)7-4-15-6-9-20(25(31)10-15)26(32,33)34/h6,9-14H,2-3H2,1H3. The van der Waals surface area contributed by atoms with Gasteiger partial charge in [-0.3, -0.25) is 0 Å². The van der Waals surface area contributed by atoms with Crippen LogP contribution in [0.2, 0.25) is 0 Å². The minimum absolute atomic E-state index is 0.224. The number of hydrogen-bond acceptors (Lipinski definition) is 0. The van der Waals surface area contributed by atoms with Crippen LogP contribution in [0.5, 0.6) is 0 Å². The lowest BCUT2D eigenvalue weighted by Crippen LogP contribution is -2.07. The molecule has 0 atom stereocenters. The first kappa shape index (κ1) is 24.9. The van der Waals surface area contributed by atoms with Gasteiger partial charge in [-0.1, -0.05) is 37.0 Å². The fourth-order valence-corrected chi connectivity index (χ4v) is 3.03. The van der Waals surface area contributed by atoms with E-state index in [-0.39, 0.29) is 11.1 Å². The molecule has 8 heteroatoms. The van der Waals surface area contributed by atoms with E-state index < -0.39 is 52.0 Å². The van der Waals surface area contributed by atoms with Crippen molar-refractivity contribution in [1.29, 1.82) is 0 Å². The molecule has 3 rings (SSSR count). The first-order chi connectivity index (χ1) is 16.0. The lowest BCUT2D eigenvalue weighted by molar-refractivity contribution is -0.140. The first-order valence-corrected chi connectivity index (χ1v) is 9.87. The summed E-state index contributed by atoms with van der Waals surface area (Å²) in [5.74, 6) is 3.11. The van der Waals surface area contributed by atoms with Crippen LogP contribution in [0.25, 0.3) is 0 Å². The van der Waals surface area contributed by atoms with E-state index >= 15 is 0 Å². The third-order valence-corrected chi connectivity index (χ3v) is 4.62. The Balaban J connectivity index is 1.89. The van der Waals surface area contributed by atoms with E-state index in [9.17, 15) is 35.1 Å². The summed E-state index contributed by atoms with van der Waals surface area (Å²) in [6.07, 6.45) is -3.74. The van der Waals surface area contributed by atoms with Crippen LogP contribution in [0.15, 0.2) is 42.5 Å². The summed E-state index contributed by atoms with van der Waals surface area (Å²) >= 11 is 0. The topological polar surface area (TPSA) is 0 Å². The molecule has 3 aromatic rings. The van der Waals surface area contributed by atoms with Crippen LogP contribution in [0.4, 0.5) is 35.1 Å². The van der Waals surface area contributed by atoms with Crippen LogP contribution < -0.4 is 0 Å². The maximum atomic E-state index is 14.4. The predicted molar refractivity (Wildman–Crippen MR) is 110 cm³/mol. The highest BCUT2D eigenvalue weighted by Gasteiger charge is 2.33. The molecule has 0 N–H and O–H groups in total. The van der Waals surface area contributed by atoms with Crippen LogP contribution in [0.1, 0.15) is 46.7 Å². The van der Waals surface area contributed by atoms with Gasteiger partial charge in [-0.05, 0) is 54.4 Å². The van der Waals surface area contributed by atoms with E-state index in [0.29, 0.717) is 30.5 Å². The van der Waals surface area contributed by atoms with Gasteiger partial charge in [0.1, 0.15) is 29.1 Å². The molecule has 0 spiro atoms. The van der Waals surface area contributed by atoms with Gasteiger partial charge in [0, 0.05) is 11.1 Å². The molecule has 0 saturated heterocycles. The van der Waals surface area contributed by atoms with Gasteiger partial charge in [0.15, 0.2) is 0 Å². The lowest BCUT2D eigenvalue weighted by Gasteiger charge is -2.07. The SMILES string of the molecule is CCCc1cc(F)c(C#Cc2cc(F)c(C#Cc3ccc(C(F)(F)F)c(F)c3)c(F)c2)c(F)c1. The Kier molecular flexibility index (Phi) is 7.32. The van der Waals surface area contributed by atoms with Crippen LogP contribution >= 0.6 is 0 Å². The van der Waals surface area contributed by atoms with Crippen molar-refractivity contribution in [3.8, 4) is 23.7 Å². The zero-order valence-electron chi connectivity index (χ0n) is 17.5. The van der Waals surface area contributed by atoms with Crippen molar-refractivity contribution < 1.29 is 35.1 Å². The van der Waals surface area contributed by atoms with E-state index in [1.165, 1.54) is 0 Å². The van der Waals surface area contributed by atoms with Gasteiger partial charge in [-0.2, -0.15) is 13.2 Å². The van der Waals surface area contributed by atoms with Crippen molar-refractivity contribution >= 4 is 0 Å². The van der Waals surface area contributed by atoms with Crippen molar-refractivity contribution in [2.45, 2.75) is 25.9 Å². The second-order valence-corrected chi connectivity index (χ2v) is 7.19. The van der Waals surface area contributed by atoms with Gasteiger partial charge in [0.2, 0.25) is 0 Å². The van der Waals surface area contributed by atoms with Gasteiger partial charge in [0.05, 0.1) is 16.7 Å². The molecule has 0 aliphatic heterocycles.